The SMILES string of the molecule is CC[Si]([Si])(CC)CC. The third-order valence-corrected chi connectivity index (χ3v) is 9.27. The van der Waals surface area contributed by atoms with Gasteiger partial charge in [0.25, 0.3) is 0 Å². The minimum absolute atomic E-state index is 0.866. The first-order chi connectivity index (χ1) is 3.68. The van der Waals surface area contributed by atoms with Gasteiger partial charge in [-0.1, -0.05) is 38.9 Å². The fourth-order valence-electron chi connectivity index (χ4n) is 0.750. The second-order valence-electron chi connectivity index (χ2n) is 2.34. The third kappa shape index (κ3) is 2.13. The molecule has 0 fully saturated rings. The molecule has 0 unspecified atom stereocenters. The molecular formula is C6H15Si2. The molecule has 0 rings (SSSR count). The van der Waals surface area contributed by atoms with E-state index in [9.17, 15) is 0 Å². The van der Waals surface area contributed by atoms with Crippen molar-refractivity contribution < 1.29 is 0 Å². The predicted octanol–water partition coefficient (Wildman–Crippen LogP) is 2.16. The lowest BCUT2D eigenvalue weighted by Gasteiger charge is -2.20. The van der Waals surface area contributed by atoms with Crippen LogP contribution in [0.15, 0.2) is 0 Å². The average Bonchev–Trinajstić information content (AvgIpc) is 1.87. The summed E-state index contributed by atoms with van der Waals surface area (Å²) in [6.07, 6.45) is 0. The number of hydrogen-bond acceptors (Lipinski definition) is 0. The van der Waals surface area contributed by atoms with E-state index >= 15 is 0 Å². The van der Waals surface area contributed by atoms with Gasteiger partial charge in [0.1, 0.15) is 0 Å². The molecule has 0 N–H and O–H groups in total. The van der Waals surface area contributed by atoms with Gasteiger partial charge in [0.15, 0.2) is 0 Å². The molecule has 8 heavy (non-hydrogen) atoms. The Morgan fingerprint density at radius 1 is 1.00 bits per heavy atom. The van der Waals surface area contributed by atoms with Crippen molar-refractivity contribution in [2.75, 3.05) is 0 Å². The van der Waals surface area contributed by atoms with Crippen LogP contribution in [0.25, 0.3) is 0 Å². The van der Waals surface area contributed by atoms with E-state index in [1.807, 2.05) is 0 Å². The molecule has 0 aromatic rings. The van der Waals surface area contributed by atoms with Gasteiger partial charge in [0, 0.05) is 17.4 Å². The van der Waals surface area contributed by atoms with Crippen LogP contribution >= 0.6 is 0 Å². The van der Waals surface area contributed by atoms with Gasteiger partial charge in [-0.2, -0.15) is 0 Å². The molecule has 0 saturated carbocycles. The Hall–Kier alpha value is 0.434. The van der Waals surface area contributed by atoms with Gasteiger partial charge in [-0.25, -0.2) is 0 Å². The summed E-state index contributed by atoms with van der Waals surface area (Å²) in [7, 11) is 3.00. The topological polar surface area (TPSA) is 0 Å². The molecule has 0 aromatic carbocycles. The summed E-state index contributed by atoms with van der Waals surface area (Å²) >= 11 is 0. The first-order valence-electron chi connectivity index (χ1n) is 3.43. The zero-order valence-electron chi connectivity index (χ0n) is 6.12. The smallest absolute Gasteiger partial charge is 0.0373 e. The molecule has 0 amide bonds. The van der Waals surface area contributed by atoms with Gasteiger partial charge in [0.05, 0.1) is 0 Å². The molecule has 0 aliphatic carbocycles. The second kappa shape index (κ2) is 3.46. The number of rotatable bonds is 3. The summed E-state index contributed by atoms with van der Waals surface area (Å²) in [6, 6.07) is 4.12. The molecule has 47 valence electrons. The maximum atomic E-state index is 3.87. The lowest BCUT2D eigenvalue weighted by molar-refractivity contribution is 1.22. The molecule has 0 nitrogen and oxygen atoms in total. The molecule has 0 aliphatic heterocycles. The van der Waals surface area contributed by atoms with E-state index in [0.717, 1.165) is 0 Å². The van der Waals surface area contributed by atoms with Crippen LogP contribution in [-0.2, 0) is 0 Å². The van der Waals surface area contributed by atoms with Crippen molar-refractivity contribution in [2.24, 2.45) is 0 Å². The highest BCUT2D eigenvalue weighted by molar-refractivity contribution is 7.17. The van der Waals surface area contributed by atoms with E-state index in [-0.39, 0.29) is 0 Å². The van der Waals surface area contributed by atoms with Gasteiger partial charge < -0.3 is 0 Å². The van der Waals surface area contributed by atoms with Crippen LogP contribution < -0.4 is 0 Å². The summed E-state index contributed by atoms with van der Waals surface area (Å²) in [6.45, 7) is 6.85. The Labute approximate surface area is 56.9 Å². The standard InChI is InChI=1S/C6H15Si2/c1-4-8(7,5-2)6-3/h4-6H2,1-3H3. The highest BCUT2D eigenvalue weighted by atomic mass is 29.2. The normalized spacial score (nSPS) is 12.0. The summed E-state index contributed by atoms with van der Waals surface area (Å²) in [5.41, 5.74) is 0. The Morgan fingerprint density at radius 3 is 1.25 bits per heavy atom. The fraction of sp³-hybridized carbons (Fsp3) is 1.00. The lowest BCUT2D eigenvalue weighted by atomic mass is 10.9. The fourth-order valence-corrected chi connectivity index (χ4v) is 2.25. The average molecular weight is 143 g/mol. The Kier molecular flexibility index (Phi) is 3.65. The molecule has 0 aromatic heterocycles. The van der Waals surface area contributed by atoms with Gasteiger partial charge in [-0.05, 0) is 0 Å². The van der Waals surface area contributed by atoms with Gasteiger partial charge in [0.2, 0.25) is 0 Å². The van der Waals surface area contributed by atoms with Crippen molar-refractivity contribution in [3.05, 3.63) is 0 Å². The first kappa shape index (κ1) is 8.43. The first-order valence-corrected chi connectivity index (χ1v) is 7.55. The van der Waals surface area contributed by atoms with Crippen LogP contribution in [0.4, 0.5) is 0 Å². The van der Waals surface area contributed by atoms with Crippen molar-refractivity contribution in [1.82, 2.24) is 0 Å². The molecule has 0 atom stereocenters. The van der Waals surface area contributed by atoms with Crippen molar-refractivity contribution in [1.29, 1.82) is 0 Å². The van der Waals surface area contributed by atoms with E-state index in [4.69, 9.17) is 0 Å². The van der Waals surface area contributed by atoms with Crippen molar-refractivity contribution in [3.8, 4) is 0 Å². The molecule has 3 radical (unpaired) electrons. The highest BCUT2D eigenvalue weighted by Crippen LogP contribution is 2.14. The maximum absolute atomic E-state index is 3.87. The van der Waals surface area contributed by atoms with Crippen molar-refractivity contribution >= 4 is 17.4 Å². The summed E-state index contributed by atoms with van der Waals surface area (Å²) < 4.78 is 0. The summed E-state index contributed by atoms with van der Waals surface area (Å²) in [4.78, 5) is 0. The minimum Gasteiger partial charge on any atom is -0.0680 e. The molecule has 2 heteroatoms. The van der Waals surface area contributed by atoms with Crippen molar-refractivity contribution in [2.45, 2.75) is 38.9 Å². The molecule has 0 saturated heterocycles. The van der Waals surface area contributed by atoms with E-state index in [1.165, 1.54) is 18.1 Å². The molecule has 0 aliphatic rings. The van der Waals surface area contributed by atoms with E-state index < -0.39 is 7.59 Å². The molecular weight excluding hydrogens is 128 g/mol. The highest BCUT2D eigenvalue weighted by Gasteiger charge is 2.18. The van der Waals surface area contributed by atoms with Crippen LogP contribution in [-0.4, -0.2) is 17.4 Å². The largest absolute Gasteiger partial charge is 0.0680 e. The summed E-state index contributed by atoms with van der Waals surface area (Å²) in [5, 5.41) is 0. The number of hydrogen-bond donors (Lipinski definition) is 0. The van der Waals surface area contributed by atoms with Crippen LogP contribution in [0.1, 0.15) is 20.8 Å². The van der Waals surface area contributed by atoms with Crippen LogP contribution in [0.3, 0.4) is 0 Å². The van der Waals surface area contributed by atoms with Crippen LogP contribution in [0, 0.1) is 0 Å². The molecule has 0 heterocycles. The van der Waals surface area contributed by atoms with E-state index in [0.29, 0.717) is 0 Å². The zero-order valence-corrected chi connectivity index (χ0v) is 8.12. The second-order valence-corrected chi connectivity index (χ2v) is 10.2. The Morgan fingerprint density at radius 2 is 1.25 bits per heavy atom. The van der Waals surface area contributed by atoms with Crippen LogP contribution in [0.5, 0.6) is 0 Å². The van der Waals surface area contributed by atoms with Crippen LogP contribution in [0.2, 0.25) is 18.1 Å². The van der Waals surface area contributed by atoms with Gasteiger partial charge >= 0.3 is 0 Å². The van der Waals surface area contributed by atoms with Gasteiger partial charge in [-0.15, -0.1) is 0 Å². The molecule has 0 bridgehead atoms. The maximum Gasteiger partial charge on any atom is 0.0373 e. The van der Waals surface area contributed by atoms with Crippen molar-refractivity contribution in [3.63, 3.8) is 0 Å². The molecule has 0 spiro atoms. The predicted molar refractivity (Wildman–Crippen MR) is 43.0 cm³/mol. The monoisotopic (exact) mass is 143 g/mol. The van der Waals surface area contributed by atoms with Gasteiger partial charge in [-0.3, -0.25) is 0 Å². The lowest BCUT2D eigenvalue weighted by Crippen LogP contribution is -2.31. The van der Waals surface area contributed by atoms with E-state index in [2.05, 4.69) is 30.5 Å². The third-order valence-electron chi connectivity index (χ3n) is 2.03. The van der Waals surface area contributed by atoms with E-state index in [1.54, 1.807) is 0 Å². The Bertz CT molecular complexity index is 49.3. The summed E-state index contributed by atoms with van der Waals surface area (Å²) in [5.74, 6) is 0. The Balaban J connectivity index is 3.58. The quantitative estimate of drug-likeness (QED) is 0.531. The minimum atomic E-state index is -0.866. The zero-order chi connectivity index (χ0) is 6.62.